The predicted molar refractivity (Wildman–Crippen MR) is 72.2 cm³/mol. The van der Waals surface area contributed by atoms with Crippen LogP contribution in [-0.4, -0.2) is 42.7 Å². The van der Waals surface area contributed by atoms with Gasteiger partial charge >= 0.3 is 0 Å². The first-order chi connectivity index (χ1) is 9.19. The fraction of sp³-hybridized carbons (Fsp3) is 0.643. The number of rotatable bonds is 5. The lowest BCUT2D eigenvalue weighted by atomic mass is 10.1. The van der Waals surface area contributed by atoms with Gasteiger partial charge in [-0.3, -0.25) is 4.98 Å². The molecule has 2 heterocycles. The Morgan fingerprint density at radius 1 is 1.58 bits per heavy atom. The minimum Gasteiger partial charge on any atom is -0.380 e. The van der Waals surface area contributed by atoms with Gasteiger partial charge in [0.25, 0.3) is 0 Å². The molecule has 0 aliphatic carbocycles. The zero-order chi connectivity index (χ0) is 13.7. The molecule has 0 bridgehead atoms. The van der Waals surface area contributed by atoms with E-state index in [1.54, 1.807) is 13.2 Å². The number of nitrogens with two attached hydrogens (primary N) is 1. The monoisotopic (exact) mass is 267 g/mol. The van der Waals surface area contributed by atoms with Gasteiger partial charge in [-0.05, 0) is 37.9 Å². The highest BCUT2D eigenvalue weighted by molar-refractivity contribution is 5.09. The van der Waals surface area contributed by atoms with Crippen LogP contribution < -0.4 is 5.73 Å². The van der Waals surface area contributed by atoms with Crippen LogP contribution in [0.15, 0.2) is 18.3 Å². The predicted octanol–water partition coefficient (Wildman–Crippen LogP) is 1.72. The Morgan fingerprint density at radius 3 is 3.11 bits per heavy atom. The molecule has 1 aliphatic rings. The van der Waals surface area contributed by atoms with Crippen LogP contribution in [0.2, 0.25) is 0 Å². The van der Waals surface area contributed by atoms with Crippen LogP contribution >= 0.6 is 0 Å². The minimum atomic E-state index is -0.324. The lowest BCUT2D eigenvalue weighted by Gasteiger charge is -2.32. The van der Waals surface area contributed by atoms with Gasteiger partial charge in [0.05, 0.1) is 18.0 Å². The van der Waals surface area contributed by atoms with E-state index in [0.29, 0.717) is 6.10 Å². The second-order valence-electron chi connectivity index (χ2n) is 5.10. The summed E-state index contributed by atoms with van der Waals surface area (Å²) in [6, 6.07) is 2.93. The third kappa shape index (κ3) is 4.23. The molecular weight excluding hydrogens is 245 g/mol. The van der Waals surface area contributed by atoms with E-state index in [9.17, 15) is 4.39 Å². The Labute approximate surface area is 113 Å². The maximum absolute atomic E-state index is 12.8. The number of ether oxygens (including phenoxy) is 1. The van der Waals surface area contributed by atoms with Gasteiger partial charge in [-0.1, -0.05) is 0 Å². The molecule has 1 saturated heterocycles. The largest absolute Gasteiger partial charge is 0.380 e. The fourth-order valence-corrected chi connectivity index (χ4v) is 2.48. The molecule has 2 atom stereocenters. The molecule has 0 aromatic carbocycles. The number of piperidine rings is 1. The lowest BCUT2D eigenvalue weighted by molar-refractivity contribution is 0.0304. The molecule has 2 rings (SSSR count). The van der Waals surface area contributed by atoms with Crippen LogP contribution in [-0.2, 0) is 4.74 Å². The van der Waals surface area contributed by atoms with E-state index in [0.717, 1.165) is 38.2 Å². The van der Waals surface area contributed by atoms with Crippen LogP contribution in [0.3, 0.4) is 0 Å². The topological polar surface area (TPSA) is 51.4 Å². The first-order valence-electron chi connectivity index (χ1n) is 6.81. The molecule has 0 radical (unpaired) electrons. The summed E-state index contributed by atoms with van der Waals surface area (Å²) in [7, 11) is 1.77. The number of aromatic nitrogens is 1. The Kier molecular flexibility index (Phi) is 5.24. The van der Waals surface area contributed by atoms with E-state index in [-0.39, 0.29) is 11.9 Å². The number of methoxy groups -OCH3 is 1. The molecule has 106 valence electrons. The molecule has 4 nitrogen and oxygen atoms in total. The molecule has 1 aromatic rings. The third-order valence-corrected chi connectivity index (χ3v) is 3.68. The van der Waals surface area contributed by atoms with Crippen molar-refractivity contribution in [2.45, 2.75) is 31.4 Å². The van der Waals surface area contributed by atoms with Gasteiger partial charge in [-0.15, -0.1) is 0 Å². The molecule has 5 heteroatoms. The fourth-order valence-electron chi connectivity index (χ4n) is 2.48. The summed E-state index contributed by atoms with van der Waals surface area (Å²) in [6.07, 6.45) is 4.70. The molecular formula is C14H22FN3O. The van der Waals surface area contributed by atoms with E-state index in [1.807, 2.05) is 0 Å². The number of likely N-dealkylation sites (tertiary alicyclic amines) is 1. The number of hydrogen-bond donors (Lipinski definition) is 1. The van der Waals surface area contributed by atoms with Crippen molar-refractivity contribution in [2.24, 2.45) is 5.73 Å². The highest BCUT2D eigenvalue weighted by atomic mass is 19.1. The Morgan fingerprint density at radius 2 is 2.42 bits per heavy atom. The smallest absolute Gasteiger partial charge is 0.141 e. The molecule has 1 fully saturated rings. The quantitative estimate of drug-likeness (QED) is 0.882. The standard InChI is InChI=1S/C14H22FN3O/c1-19-12-3-2-7-18(10-12)8-6-13(16)14-5-4-11(15)9-17-14/h4-5,9,12-13H,2-3,6-8,10,16H2,1H3. The molecule has 2 unspecified atom stereocenters. The van der Waals surface area contributed by atoms with E-state index in [2.05, 4.69) is 9.88 Å². The highest BCUT2D eigenvalue weighted by Gasteiger charge is 2.20. The zero-order valence-electron chi connectivity index (χ0n) is 11.4. The first kappa shape index (κ1) is 14.4. The van der Waals surface area contributed by atoms with Crippen molar-refractivity contribution >= 4 is 0 Å². The summed E-state index contributed by atoms with van der Waals surface area (Å²) >= 11 is 0. The molecule has 2 N–H and O–H groups in total. The third-order valence-electron chi connectivity index (χ3n) is 3.68. The molecule has 0 spiro atoms. The molecule has 0 amide bonds. The number of pyridine rings is 1. The van der Waals surface area contributed by atoms with Crippen LogP contribution in [0.1, 0.15) is 31.0 Å². The van der Waals surface area contributed by atoms with Gasteiger partial charge in [0.1, 0.15) is 5.82 Å². The minimum absolute atomic E-state index is 0.136. The summed E-state index contributed by atoms with van der Waals surface area (Å²) in [5.74, 6) is -0.324. The van der Waals surface area contributed by atoms with Gasteiger partial charge in [-0.2, -0.15) is 0 Å². The Hall–Kier alpha value is -1.04. The lowest BCUT2D eigenvalue weighted by Crippen LogP contribution is -2.40. The summed E-state index contributed by atoms with van der Waals surface area (Å²) < 4.78 is 18.2. The first-order valence-corrected chi connectivity index (χ1v) is 6.81. The summed E-state index contributed by atoms with van der Waals surface area (Å²) in [5, 5.41) is 0. The van der Waals surface area contributed by atoms with Gasteiger partial charge in [0, 0.05) is 26.2 Å². The van der Waals surface area contributed by atoms with E-state index in [4.69, 9.17) is 10.5 Å². The van der Waals surface area contributed by atoms with E-state index >= 15 is 0 Å². The van der Waals surface area contributed by atoms with Gasteiger partial charge in [0.15, 0.2) is 0 Å². The van der Waals surface area contributed by atoms with Crippen molar-refractivity contribution in [3.63, 3.8) is 0 Å². The number of nitrogens with zero attached hydrogens (tertiary/aromatic N) is 2. The highest BCUT2D eigenvalue weighted by Crippen LogP contribution is 2.16. The van der Waals surface area contributed by atoms with Crippen LogP contribution in [0.4, 0.5) is 4.39 Å². The second kappa shape index (κ2) is 6.93. The van der Waals surface area contributed by atoms with Crippen LogP contribution in [0.25, 0.3) is 0 Å². The zero-order valence-corrected chi connectivity index (χ0v) is 11.4. The van der Waals surface area contributed by atoms with Crippen molar-refractivity contribution in [3.05, 3.63) is 29.8 Å². The van der Waals surface area contributed by atoms with Gasteiger partial charge in [-0.25, -0.2) is 4.39 Å². The molecule has 1 aliphatic heterocycles. The summed E-state index contributed by atoms with van der Waals surface area (Å²) in [5.41, 5.74) is 6.84. The summed E-state index contributed by atoms with van der Waals surface area (Å²) in [6.45, 7) is 3.00. The van der Waals surface area contributed by atoms with Crippen molar-refractivity contribution in [2.75, 3.05) is 26.7 Å². The van der Waals surface area contributed by atoms with Crippen molar-refractivity contribution in [3.8, 4) is 0 Å². The summed E-state index contributed by atoms with van der Waals surface area (Å²) in [4.78, 5) is 6.41. The van der Waals surface area contributed by atoms with Crippen LogP contribution in [0.5, 0.6) is 0 Å². The SMILES string of the molecule is COC1CCCN(CCC(N)c2ccc(F)cn2)C1. The normalized spacial score (nSPS) is 22.4. The Bertz CT molecular complexity index is 385. The molecule has 0 saturated carbocycles. The van der Waals surface area contributed by atoms with Crippen molar-refractivity contribution < 1.29 is 9.13 Å². The van der Waals surface area contributed by atoms with Crippen LogP contribution in [0, 0.1) is 5.82 Å². The second-order valence-corrected chi connectivity index (χ2v) is 5.10. The van der Waals surface area contributed by atoms with Gasteiger partial charge in [0.2, 0.25) is 0 Å². The maximum atomic E-state index is 12.8. The maximum Gasteiger partial charge on any atom is 0.141 e. The van der Waals surface area contributed by atoms with Gasteiger partial charge < -0.3 is 15.4 Å². The van der Waals surface area contributed by atoms with E-state index < -0.39 is 0 Å². The average molecular weight is 267 g/mol. The van der Waals surface area contributed by atoms with E-state index in [1.165, 1.54) is 18.7 Å². The molecule has 19 heavy (non-hydrogen) atoms. The number of halogens is 1. The average Bonchev–Trinajstić information content (AvgIpc) is 2.46. The van der Waals surface area contributed by atoms with Crippen molar-refractivity contribution in [1.29, 1.82) is 0 Å². The van der Waals surface area contributed by atoms with Crippen molar-refractivity contribution in [1.82, 2.24) is 9.88 Å². The Balaban J connectivity index is 1.79. The number of hydrogen-bond acceptors (Lipinski definition) is 4. The molecule has 1 aromatic heterocycles.